The number of nitrogens with zero attached hydrogens (tertiary/aromatic N) is 2. The van der Waals surface area contributed by atoms with Gasteiger partial charge in [-0.2, -0.15) is 4.31 Å². The Morgan fingerprint density at radius 1 is 0.875 bits per heavy atom. The minimum atomic E-state index is -4.07. The first-order valence-corrected chi connectivity index (χ1v) is 22.3. The van der Waals surface area contributed by atoms with E-state index in [2.05, 4.69) is 17.4 Å². The number of amides is 2. The van der Waals surface area contributed by atoms with E-state index in [-0.39, 0.29) is 36.6 Å². The van der Waals surface area contributed by atoms with Gasteiger partial charge in [-0.05, 0) is 92.1 Å². The zero-order valence-electron chi connectivity index (χ0n) is 34.3. The van der Waals surface area contributed by atoms with Crippen LogP contribution in [0.25, 0.3) is 0 Å². The van der Waals surface area contributed by atoms with E-state index in [0.29, 0.717) is 30.4 Å². The second kappa shape index (κ2) is 30.3. The van der Waals surface area contributed by atoms with Crippen molar-refractivity contribution in [1.29, 1.82) is 0 Å². The van der Waals surface area contributed by atoms with Crippen molar-refractivity contribution in [2.45, 2.75) is 91.0 Å². The third kappa shape index (κ3) is 20.9. The summed E-state index contributed by atoms with van der Waals surface area (Å²) in [5, 5.41) is 13.5. The monoisotopic (exact) mass is 825 g/mol. The van der Waals surface area contributed by atoms with E-state index in [9.17, 15) is 27.6 Å². The molecule has 0 radical (unpaired) electrons. The number of benzene rings is 3. The Labute approximate surface area is 334 Å². The minimum Gasteiger partial charge on any atom is -0.497 e. The number of aliphatic hydroxyl groups excluding tert-OH is 1. The van der Waals surface area contributed by atoms with Crippen LogP contribution in [0.5, 0.6) is 17.2 Å². The Bertz CT molecular complexity index is 1610. The number of rotatable bonds is 22. The van der Waals surface area contributed by atoms with Crippen LogP contribution < -0.4 is 19.3 Å². The Kier molecular flexibility index (Phi) is 28.2. The van der Waals surface area contributed by atoms with Gasteiger partial charge in [0, 0.05) is 44.6 Å². The summed E-state index contributed by atoms with van der Waals surface area (Å²) in [6.45, 7) is 13.5. The molecule has 3 rings (SSSR count). The summed E-state index contributed by atoms with van der Waals surface area (Å²) >= 11 is 0. The van der Waals surface area contributed by atoms with Crippen LogP contribution in [0, 0.1) is 10.8 Å². The third-order valence-corrected chi connectivity index (χ3v) is 10.7. The molecule has 0 heterocycles. The lowest BCUT2D eigenvalue weighted by molar-refractivity contribution is 0.139. The highest BCUT2D eigenvalue weighted by Crippen LogP contribution is 2.42. The number of ether oxygens (including phenoxy) is 3. The molecule has 316 valence electrons. The van der Waals surface area contributed by atoms with E-state index >= 15 is 0 Å². The Morgan fingerprint density at radius 2 is 1.48 bits per heavy atom. The maximum Gasteiger partial charge on any atom is 0.413 e. The molecule has 56 heavy (non-hydrogen) atoms. The molecule has 0 saturated heterocycles. The highest BCUT2D eigenvalue weighted by Gasteiger charge is 2.26. The lowest BCUT2D eigenvalue weighted by atomic mass is 10.0. The smallest absolute Gasteiger partial charge is 0.413 e. The van der Waals surface area contributed by atoms with Crippen LogP contribution in [0.1, 0.15) is 79.2 Å². The van der Waals surface area contributed by atoms with Gasteiger partial charge in [0.15, 0.2) is 6.35 Å². The number of carbonyl (C=O) groups excluding carboxylic acids is 1. The van der Waals surface area contributed by atoms with Gasteiger partial charge in [-0.15, -0.1) is 4.91 Å². The lowest BCUT2D eigenvalue weighted by Gasteiger charge is -2.25. The summed E-state index contributed by atoms with van der Waals surface area (Å²) in [4.78, 5) is 32.8. The van der Waals surface area contributed by atoms with Crippen molar-refractivity contribution in [2.24, 2.45) is 11.1 Å². The van der Waals surface area contributed by atoms with Gasteiger partial charge >= 0.3 is 13.6 Å². The Hall–Kier alpha value is -3.85. The molecule has 0 saturated carbocycles. The summed E-state index contributed by atoms with van der Waals surface area (Å²) < 4.78 is 61.0. The fraction of sp³-hybridized carbons (Fsp3) is 0.525. The number of hydrogen-bond donors (Lipinski definition) is 3. The quantitative estimate of drug-likeness (QED) is 0.0649. The number of methoxy groups -OCH3 is 2. The van der Waals surface area contributed by atoms with Crippen LogP contribution in [-0.2, 0) is 25.7 Å². The molecule has 0 spiro atoms. The zero-order chi connectivity index (χ0) is 42.4. The first kappa shape index (κ1) is 52.2. The number of nitrogens with one attached hydrogen (secondary N) is 1. The predicted octanol–water partition coefficient (Wildman–Crippen LogP) is 8.66. The van der Waals surface area contributed by atoms with Crippen molar-refractivity contribution in [3.63, 3.8) is 0 Å². The summed E-state index contributed by atoms with van der Waals surface area (Å²) in [5.41, 5.74) is 0.742. The van der Waals surface area contributed by atoms with Gasteiger partial charge in [0.05, 0.1) is 12.0 Å². The summed E-state index contributed by atoms with van der Waals surface area (Å²) in [6, 6.07) is 19.2. The van der Waals surface area contributed by atoms with Gasteiger partial charge in [-0.1, -0.05) is 78.3 Å². The fourth-order valence-electron chi connectivity index (χ4n) is 5.08. The number of aliphatic hydroxyl groups is 1. The summed E-state index contributed by atoms with van der Waals surface area (Å²) in [6.07, 6.45) is 3.61. The molecular formula is C40H64N3O11PS. The number of para-hydroxylation sites is 1. The molecule has 0 aliphatic carbocycles. The molecule has 0 aromatic heterocycles. The van der Waals surface area contributed by atoms with Crippen LogP contribution in [-0.4, -0.2) is 81.7 Å². The van der Waals surface area contributed by atoms with Crippen LogP contribution in [0.3, 0.4) is 0 Å². The highest BCUT2D eigenvalue weighted by atomic mass is 32.2. The zero-order valence-corrected chi connectivity index (χ0v) is 36.0. The molecule has 0 bridgehead atoms. The second-order valence-electron chi connectivity index (χ2n) is 11.9. The van der Waals surface area contributed by atoms with Crippen LogP contribution in [0.4, 0.5) is 4.79 Å². The topological polar surface area (TPSA) is 190 Å². The molecule has 3 N–H and O–H groups in total. The van der Waals surface area contributed by atoms with Crippen molar-refractivity contribution in [3.8, 4) is 17.2 Å². The predicted molar refractivity (Wildman–Crippen MR) is 222 cm³/mol. The highest BCUT2D eigenvalue weighted by molar-refractivity contribution is 7.89. The van der Waals surface area contributed by atoms with Crippen molar-refractivity contribution >= 4 is 23.7 Å². The number of sulfonamides is 1. The number of hydrogen-bond acceptors (Lipinski definition) is 10. The molecule has 0 aliphatic heterocycles. The second-order valence-corrected chi connectivity index (χ2v) is 15.5. The molecule has 0 fully saturated rings. The molecule has 16 heteroatoms. The van der Waals surface area contributed by atoms with Gasteiger partial charge in [0.25, 0.3) is 0 Å². The van der Waals surface area contributed by atoms with E-state index in [1.165, 1.54) is 23.5 Å². The average Bonchev–Trinajstić information content (AvgIpc) is 3.22. The molecule has 3 aromatic rings. The lowest BCUT2D eigenvalue weighted by Crippen LogP contribution is -2.40. The molecule has 3 atom stereocenters. The summed E-state index contributed by atoms with van der Waals surface area (Å²) in [5.74, 6) is 1.73. The van der Waals surface area contributed by atoms with E-state index in [1.807, 2.05) is 34.6 Å². The maximum atomic E-state index is 13.3. The normalized spacial score (nSPS) is 12.8. The average molecular weight is 826 g/mol. The van der Waals surface area contributed by atoms with Gasteiger partial charge in [0.2, 0.25) is 10.0 Å². The number of carbonyl (C=O) groups is 1. The minimum absolute atomic E-state index is 0.0837. The van der Waals surface area contributed by atoms with E-state index < -0.39 is 36.0 Å². The largest absolute Gasteiger partial charge is 0.497 e. The first-order valence-electron chi connectivity index (χ1n) is 19.1. The van der Waals surface area contributed by atoms with Crippen molar-refractivity contribution in [3.05, 3.63) is 89.3 Å². The van der Waals surface area contributed by atoms with E-state index in [1.54, 1.807) is 73.8 Å². The van der Waals surface area contributed by atoms with Crippen LogP contribution in [0.2, 0.25) is 0 Å². The molecule has 2 amide bonds. The van der Waals surface area contributed by atoms with E-state index in [0.717, 1.165) is 31.4 Å². The SMILES string of the molecule is CC.CC.CCCN(CC[C@H](Cc1ccc(OCP(=O)(O)Oc2ccccc2)cc1)NC(=O)N=O)S(=O)(=O)c1ccc(OC)cc1.CC[C@H](CCCO)COC. The number of urea groups is 1. The molecule has 0 aliphatic rings. The standard InChI is InChI=1S/C28H34N3O9PS.C8H18O2.2C2H6/c1-3-18-31(42(36,37)27-15-13-24(38-2)14-16-27)19-17-23(29-28(32)30-33)20-22-9-11-25(12-10-22)39-21-41(34,35)40-26-7-5-4-6-8-26;1-3-8(7-10-2)5-4-6-9;2*1-2/h4-16,23H,3,17-21H2,1-2H3,(H,29,32)(H,34,35);8-9H,3-7H2,1-2H3;2*1-2H3/t23-;8-;;/m11../s1. The number of nitroso groups, excluding NO2 is 1. The molecule has 14 nitrogen and oxygen atoms in total. The van der Waals surface area contributed by atoms with Crippen molar-refractivity contribution < 1.29 is 46.5 Å². The van der Waals surface area contributed by atoms with Crippen molar-refractivity contribution in [1.82, 2.24) is 9.62 Å². The van der Waals surface area contributed by atoms with Gasteiger partial charge in [-0.25, -0.2) is 17.8 Å². The van der Waals surface area contributed by atoms with Crippen molar-refractivity contribution in [2.75, 3.05) is 46.9 Å². The third-order valence-electron chi connectivity index (χ3n) is 7.85. The van der Waals surface area contributed by atoms with E-state index in [4.69, 9.17) is 23.8 Å². The Morgan fingerprint density at radius 3 is 2.00 bits per heavy atom. The summed E-state index contributed by atoms with van der Waals surface area (Å²) in [7, 11) is -4.68. The van der Waals surface area contributed by atoms with Gasteiger partial charge in [0.1, 0.15) is 17.2 Å². The maximum absolute atomic E-state index is 13.3. The van der Waals surface area contributed by atoms with Gasteiger partial charge < -0.3 is 34.1 Å². The first-order chi connectivity index (χ1) is 26.9. The van der Waals surface area contributed by atoms with Crippen LogP contribution in [0.15, 0.2) is 88.9 Å². The Balaban J connectivity index is 0.00000186. The molecular weight excluding hydrogens is 761 g/mol. The molecule has 1 unspecified atom stereocenters. The molecule has 3 aromatic carbocycles. The van der Waals surface area contributed by atoms with Crippen LogP contribution >= 0.6 is 7.60 Å². The fourth-order valence-corrected chi connectivity index (χ4v) is 7.44. The van der Waals surface area contributed by atoms with Gasteiger partial charge in [-0.3, -0.25) is 0 Å².